The number of hydrogen-bond acceptors (Lipinski definition) is 3. The summed E-state index contributed by atoms with van der Waals surface area (Å²) in [6.07, 6.45) is 1.81. The molecular weight excluding hydrogens is 290 g/mol. The second kappa shape index (κ2) is 5.52. The van der Waals surface area contributed by atoms with Gasteiger partial charge in [-0.15, -0.1) is 0 Å². The molecule has 0 saturated carbocycles. The lowest BCUT2D eigenvalue weighted by atomic mass is 10.1. The minimum atomic E-state index is -3.17. The molecule has 21 heavy (non-hydrogen) atoms. The smallest absolute Gasteiger partial charge is 0.335 e. The van der Waals surface area contributed by atoms with Crippen LogP contribution in [0.15, 0.2) is 24.4 Å². The van der Waals surface area contributed by atoms with Crippen molar-refractivity contribution in [2.75, 3.05) is 5.75 Å². The monoisotopic (exact) mass is 309 g/mol. The van der Waals surface area contributed by atoms with Crippen molar-refractivity contribution in [3.63, 3.8) is 0 Å². The fraction of sp³-hybridized carbons (Fsp3) is 0.400. The molecule has 0 saturated heterocycles. The van der Waals surface area contributed by atoms with Crippen molar-refractivity contribution in [1.29, 1.82) is 0 Å². The second-order valence-corrected chi connectivity index (χ2v) is 7.72. The van der Waals surface area contributed by atoms with Crippen molar-refractivity contribution in [3.8, 4) is 0 Å². The van der Waals surface area contributed by atoms with Gasteiger partial charge in [0.25, 0.3) is 0 Å². The van der Waals surface area contributed by atoms with E-state index in [2.05, 4.69) is 0 Å². The molecule has 1 N–H and O–H groups in total. The summed E-state index contributed by atoms with van der Waals surface area (Å²) in [5, 5.41) is 9.80. The second-order valence-electron chi connectivity index (χ2n) is 5.37. The zero-order valence-corrected chi connectivity index (χ0v) is 13.1. The summed E-state index contributed by atoms with van der Waals surface area (Å²) < 4.78 is 25.7. The maximum atomic E-state index is 11.9. The number of carboxylic acid groups (broad SMARTS) is 1. The molecule has 114 valence electrons. The molecule has 6 heteroatoms. The molecule has 0 atom stereocenters. The summed E-state index contributed by atoms with van der Waals surface area (Å²) in [7, 11) is -3.17. The molecule has 1 aromatic carbocycles. The van der Waals surface area contributed by atoms with Gasteiger partial charge >= 0.3 is 5.97 Å². The Morgan fingerprint density at radius 2 is 2.00 bits per heavy atom. The van der Waals surface area contributed by atoms with Crippen LogP contribution in [0.1, 0.15) is 42.7 Å². The highest BCUT2D eigenvalue weighted by atomic mass is 32.2. The van der Waals surface area contributed by atoms with E-state index < -0.39 is 15.8 Å². The Bertz CT molecular complexity index is 787. The van der Waals surface area contributed by atoms with E-state index in [0.29, 0.717) is 10.9 Å². The van der Waals surface area contributed by atoms with E-state index in [-0.39, 0.29) is 23.1 Å². The summed E-state index contributed by atoms with van der Waals surface area (Å²) in [4.78, 5) is 11.1. The Kier molecular flexibility index (Phi) is 4.09. The van der Waals surface area contributed by atoms with Gasteiger partial charge in [-0.25, -0.2) is 13.2 Å². The third-order valence-electron chi connectivity index (χ3n) is 3.53. The average molecular weight is 309 g/mol. The van der Waals surface area contributed by atoms with Crippen LogP contribution < -0.4 is 0 Å². The highest BCUT2D eigenvalue weighted by Gasteiger charge is 2.17. The zero-order valence-electron chi connectivity index (χ0n) is 12.3. The van der Waals surface area contributed by atoms with E-state index in [0.717, 1.165) is 5.52 Å². The van der Waals surface area contributed by atoms with Crippen LogP contribution in [0.5, 0.6) is 0 Å². The van der Waals surface area contributed by atoms with Gasteiger partial charge in [0.2, 0.25) is 0 Å². The fourth-order valence-electron chi connectivity index (χ4n) is 2.34. The first kappa shape index (κ1) is 15.6. The van der Waals surface area contributed by atoms with Crippen LogP contribution in [0.25, 0.3) is 10.9 Å². The Labute approximate surface area is 124 Å². The van der Waals surface area contributed by atoms with E-state index in [1.807, 2.05) is 24.6 Å². The molecule has 0 fully saturated rings. The summed E-state index contributed by atoms with van der Waals surface area (Å²) in [6.45, 7) is 5.62. The number of benzene rings is 1. The van der Waals surface area contributed by atoms with Gasteiger partial charge in [-0.2, -0.15) is 0 Å². The molecule has 1 aromatic heterocycles. The number of aromatic carboxylic acids is 1. The first-order valence-electron chi connectivity index (χ1n) is 6.82. The number of nitrogens with zero attached hydrogens (tertiary/aromatic N) is 1. The van der Waals surface area contributed by atoms with Gasteiger partial charge in [0.1, 0.15) is 0 Å². The number of carbonyl (C=O) groups is 1. The summed E-state index contributed by atoms with van der Waals surface area (Å²) in [5.74, 6) is -1.01. The summed E-state index contributed by atoms with van der Waals surface area (Å²) in [5.41, 5.74) is 1.68. The molecule has 0 aliphatic rings. The van der Waals surface area contributed by atoms with E-state index in [4.69, 9.17) is 5.11 Å². The van der Waals surface area contributed by atoms with Gasteiger partial charge in [0, 0.05) is 28.9 Å². The maximum Gasteiger partial charge on any atom is 0.335 e. The lowest BCUT2D eigenvalue weighted by Gasteiger charge is -2.08. The van der Waals surface area contributed by atoms with Gasteiger partial charge in [-0.1, -0.05) is 6.92 Å². The van der Waals surface area contributed by atoms with Crippen LogP contribution >= 0.6 is 0 Å². The van der Waals surface area contributed by atoms with E-state index in [9.17, 15) is 13.2 Å². The molecular formula is C15H19NO4S. The van der Waals surface area contributed by atoms with Gasteiger partial charge in [-0.3, -0.25) is 0 Å². The molecule has 0 bridgehead atoms. The predicted octanol–water partition coefficient (Wildman–Crippen LogP) is 2.86. The SMILES string of the molecule is CCS(=O)(=O)Cc1cn(C(C)C)c2ccc(C(=O)O)cc12. The van der Waals surface area contributed by atoms with Gasteiger partial charge in [0.05, 0.1) is 11.3 Å². The molecule has 2 aromatic rings. The molecule has 2 rings (SSSR count). The average Bonchev–Trinajstić information content (AvgIpc) is 2.76. The molecule has 0 spiro atoms. The number of carboxylic acids is 1. The first-order chi connectivity index (χ1) is 9.75. The molecule has 0 amide bonds. The standard InChI is InChI=1S/C15H19NO4S/c1-4-21(19,20)9-12-8-16(10(2)3)14-6-5-11(15(17)18)7-13(12)14/h5-8,10H,4,9H2,1-3H3,(H,17,18). The minimum absolute atomic E-state index is 0.0667. The van der Waals surface area contributed by atoms with Crippen LogP contribution in [-0.2, 0) is 15.6 Å². The highest BCUT2D eigenvalue weighted by Crippen LogP contribution is 2.27. The quantitative estimate of drug-likeness (QED) is 0.921. The van der Waals surface area contributed by atoms with Crippen molar-refractivity contribution in [1.82, 2.24) is 4.57 Å². The summed E-state index contributed by atoms with van der Waals surface area (Å²) >= 11 is 0. The lowest BCUT2D eigenvalue weighted by molar-refractivity contribution is 0.0697. The number of rotatable bonds is 5. The molecule has 0 aliphatic heterocycles. The number of hydrogen-bond donors (Lipinski definition) is 1. The molecule has 0 radical (unpaired) electrons. The molecule has 1 heterocycles. The van der Waals surface area contributed by atoms with E-state index >= 15 is 0 Å². The topological polar surface area (TPSA) is 76.4 Å². The van der Waals surface area contributed by atoms with Crippen molar-refractivity contribution in [2.45, 2.75) is 32.6 Å². The van der Waals surface area contributed by atoms with Crippen molar-refractivity contribution < 1.29 is 18.3 Å². The van der Waals surface area contributed by atoms with Gasteiger partial charge in [-0.05, 0) is 37.6 Å². The minimum Gasteiger partial charge on any atom is -0.478 e. The van der Waals surface area contributed by atoms with Crippen LogP contribution in [0, 0.1) is 0 Å². The van der Waals surface area contributed by atoms with E-state index in [1.54, 1.807) is 25.1 Å². The Morgan fingerprint density at radius 1 is 1.33 bits per heavy atom. The zero-order chi connectivity index (χ0) is 15.8. The number of fused-ring (bicyclic) bond motifs is 1. The van der Waals surface area contributed by atoms with Crippen molar-refractivity contribution in [2.24, 2.45) is 0 Å². The van der Waals surface area contributed by atoms with Crippen molar-refractivity contribution in [3.05, 3.63) is 35.5 Å². The van der Waals surface area contributed by atoms with Crippen LogP contribution in [-0.4, -0.2) is 29.8 Å². The van der Waals surface area contributed by atoms with Crippen molar-refractivity contribution >= 4 is 26.7 Å². The third-order valence-corrected chi connectivity index (χ3v) is 5.16. The normalized spacial score (nSPS) is 12.2. The molecule has 0 aliphatic carbocycles. The maximum absolute atomic E-state index is 11.9. The lowest BCUT2D eigenvalue weighted by Crippen LogP contribution is -2.06. The van der Waals surface area contributed by atoms with Gasteiger partial charge < -0.3 is 9.67 Å². The Balaban J connectivity index is 2.68. The Hall–Kier alpha value is -1.82. The Morgan fingerprint density at radius 3 is 2.52 bits per heavy atom. The van der Waals surface area contributed by atoms with Gasteiger partial charge in [0.15, 0.2) is 9.84 Å². The van der Waals surface area contributed by atoms with Crippen LogP contribution in [0.3, 0.4) is 0 Å². The number of aromatic nitrogens is 1. The first-order valence-corrected chi connectivity index (χ1v) is 8.64. The fourth-order valence-corrected chi connectivity index (χ4v) is 3.25. The largest absolute Gasteiger partial charge is 0.478 e. The summed E-state index contributed by atoms with van der Waals surface area (Å²) in [6, 6.07) is 5.00. The third kappa shape index (κ3) is 3.10. The molecule has 0 unspecified atom stereocenters. The molecule has 5 nitrogen and oxygen atoms in total. The number of sulfone groups is 1. The van der Waals surface area contributed by atoms with Crippen LogP contribution in [0.2, 0.25) is 0 Å². The van der Waals surface area contributed by atoms with E-state index in [1.165, 1.54) is 0 Å². The highest BCUT2D eigenvalue weighted by molar-refractivity contribution is 7.90. The predicted molar refractivity (Wildman–Crippen MR) is 82.4 cm³/mol. The van der Waals surface area contributed by atoms with Crippen LogP contribution in [0.4, 0.5) is 0 Å².